The monoisotopic (exact) mass is 275 g/mol. The third-order valence-corrected chi connectivity index (χ3v) is 2.61. The number of para-hydroxylation sites is 1. The highest BCUT2D eigenvalue weighted by molar-refractivity contribution is 5.27. The van der Waals surface area contributed by atoms with Crippen molar-refractivity contribution in [3.8, 4) is 5.75 Å². The third-order valence-electron chi connectivity index (χ3n) is 2.61. The van der Waals surface area contributed by atoms with Crippen LogP contribution in [0, 0.1) is 5.92 Å². The maximum Gasteiger partial charge on any atom is 0.123 e. The molecule has 2 nitrogen and oxygen atoms in total. The number of nitrogens with one attached hydrogen (secondary N) is 1. The molecule has 1 aromatic rings. The zero-order valence-corrected chi connectivity index (χ0v) is 13.7. The Morgan fingerprint density at radius 3 is 2.10 bits per heavy atom. The lowest BCUT2D eigenvalue weighted by molar-refractivity contribution is 0.209. The van der Waals surface area contributed by atoms with Gasteiger partial charge in [-0.15, -0.1) is 0 Å². The molecule has 2 heteroatoms. The van der Waals surface area contributed by atoms with E-state index in [-0.39, 0.29) is 6.10 Å². The van der Waals surface area contributed by atoms with Crippen LogP contribution in [0.25, 0.3) is 0 Å². The Hall–Kier alpha value is -1.54. The number of hydrogen-bond acceptors (Lipinski definition) is 2. The summed E-state index contributed by atoms with van der Waals surface area (Å²) in [5.41, 5.74) is 1.32. The molecule has 2 atom stereocenters. The predicted molar refractivity (Wildman–Crippen MR) is 89.3 cm³/mol. The van der Waals surface area contributed by atoms with Gasteiger partial charge in [-0.3, -0.25) is 0 Å². The summed E-state index contributed by atoms with van der Waals surface area (Å²) in [4.78, 5) is 0. The molecule has 2 unspecified atom stereocenters. The second-order valence-electron chi connectivity index (χ2n) is 4.52. The Morgan fingerprint density at radius 1 is 1.05 bits per heavy atom. The van der Waals surface area contributed by atoms with Crippen LogP contribution in [0.5, 0.6) is 5.75 Å². The van der Waals surface area contributed by atoms with E-state index >= 15 is 0 Å². The SMILES string of the molecule is CC.CC1=CC(C)C(Oc2ccccc2)C=C1.CNC. The van der Waals surface area contributed by atoms with Crippen molar-refractivity contribution in [1.29, 1.82) is 0 Å². The molecule has 0 saturated heterocycles. The van der Waals surface area contributed by atoms with Gasteiger partial charge >= 0.3 is 0 Å². The van der Waals surface area contributed by atoms with Gasteiger partial charge in [0.05, 0.1) is 0 Å². The Labute approximate surface area is 124 Å². The Morgan fingerprint density at radius 2 is 1.60 bits per heavy atom. The van der Waals surface area contributed by atoms with E-state index in [0.717, 1.165) is 5.75 Å². The fourth-order valence-electron chi connectivity index (χ4n) is 1.79. The predicted octanol–water partition coefficient (Wildman–Crippen LogP) is 4.45. The molecule has 1 N–H and O–H groups in total. The van der Waals surface area contributed by atoms with E-state index < -0.39 is 0 Å². The number of rotatable bonds is 2. The van der Waals surface area contributed by atoms with Gasteiger partial charge in [0.1, 0.15) is 11.9 Å². The first-order chi connectivity index (χ1) is 9.67. The Kier molecular flexibility index (Phi) is 10.4. The topological polar surface area (TPSA) is 21.3 Å². The van der Waals surface area contributed by atoms with Crippen molar-refractivity contribution in [3.05, 3.63) is 54.1 Å². The van der Waals surface area contributed by atoms with Gasteiger partial charge < -0.3 is 10.1 Å². The van der Waals surface area contributed by atoms with Crippen LogP contribution >= 0.6 is 0 Å². The number of benzene rings is 1. The van der Waals surface area contributed by atoms with Gasteiger partial charge in [0, 0.05) is 5.92 Å². The highest BCUT2D eigenvalue weighted by atomic mass is 16.5. The molecule has 0 heterocycles. The van der Waals surface area contributed by atoms with Gasteiger partial charge in [-0.25, -0.2) is 0 Å². The van der Waals surface area contributed by atoms with Crippen molar-refractivity contribution < 1.29 is 4.74 Å². The molecule has 112 valence electrons. The van der Waals surface area contributed by atoms with Crippen LogP contribution in [0.2, 0.25) is 0 Å². The fraction of sp³-hybridized carbons (Fsp3) is 0.444. The van der Waals surface area contributed by atoms with Crippen molar-refractivity contribution >= 4 is 0 Å². The second kappa shape index (κ2) is 11.3. The summed E-state index contributed by atoms with van der Waals surface area (Å²) >= 11 is 0. The number of hydrogen-bond donors (Lipinski definition) is 1. The molecule has 0 saturated carbocycles. The summed E-state index contributed by atoms with van der Waals surface area (Å²) in [6.07, 6.45) is 6.66. The van der Waals surface area contributed by atoms with Crippen LogP contribution in [0.15, 0.2) is 54.1 Å². The molecule has 1 aliphatic rings. The standard InChI is InChI=1S/C14H16O.C2H7N.C2H6/c1-11-8-9-14(12(2)10-11)15-13-6-4-3-5-7-13;1-3-2;1-2/h3-10,12,14H,1-2H3;3H,1-2H3;1-2H3. The number of allylic oxidation sites excluding steroid dienone is 2. The summed E-state index contributed by atoms with van der Waals surface area (Å²) in [6.45, 7) is 8.30. The van der Waals surface area contributed by atoms with Crippen molar-refractivity contribution in [3.63, 3.8) is 0 Å². The summed E-state index contributed by atoms with van der Waals surface area (Å²) in [5.74, 6) is 1.38. The molecular weight excluding hydrogens is 246 g/mol. The van der Waals surface area contributed by atoms with Crippen LogP contribution in [0.4, 0.5) is 0 Å². The van der Waals surface area contributed by atoms with Gasteiger partial charge in [-0.1, -0.05) is 56.7 Å². The van der Waals surface area contributed by atoms with E-state index in [0.29, 0.717) is 5.92 Å². The minimum atomic E-state index is 0.163. The lowest BCUT2D eigenvalue weighted by Crippen LogP contribution is -2.23. The Bertz CT molecular complexity index is 395. The van der Waals surface area contributed by atoms with Crippen molar-refractivity contribution in [2.75, 3.05) is 14.1 Å². The highest BCUT2D eigenvalue weighted by Gasteiger charge is 2.16. The van der Waals surface area contributed by atoms with E-state index in [9.17, 15) is 0 Å². The lowest BCUT2D eigenvalue weighted by atomic mass is 9.96. The molecule has 0 aromatic heterocycles. The first kappa shape index (κ1) is 18.5. The maximum absolute atomic E-state index is 5.88. The van der Waals surface area contributed by atoms with Crippen LogP contribution in [-0.2, 0) is 0 Å². The molecule has 0 fully saturated rings. The summed E-state index contributed by atoms with van der Waals surface area (Å²) in [6, 6.07) is 9.97. The normalized spacial score (nSPS) is 19.8. The van der Waals surface area contributed by atoms with Crippen molar-refractivity contribution in [1.82, 2.24) is 5.32 Å². The van der Waals surface area contributed by atoms with Crippen LogP contribution in [0.3, 0.4) is 0 Å². The largest absolute Gasteiger partial charge is 0.486 e. The summed E-state index contributed by atoms with van der Waals surface area (Å²) < 4.78 is 5.88. The maximum atomic E-state index is 5.88. The molecule has 20 heavy (non-hydrogen) atoms. The van der Waals surface area contributed by atoms with E-state index in [1.807, 2.05) is 58.3 Å². The van der Waals surface area contributed by atoms with E-state index in [2.05, 4.69) is 37.4 Å². The quantitative estimate of drug-likeness (QED) is 0.861. The molecular formula is C18H29NO. The first-order valence-corrected chi connectivity index (χ1v) is 7.34. The molecule has 2 rings (SSSR count). The first-order valence-electron chi connectivity index (χ1n) is 7.34. The van der Waals surface area contributed by atoms with Crippen molar-refractivity contribution in [2.45, 2.75) is 33.8 Å². The molecule has 0 aliphatic heterocycles. The molecule has 0 spiro atoms. The summed E-state index contributed by atoms with van der Waals surface area (Å²) in [7, 11) is 3.75. The zero-order valence-electron chi connectivity index (χ0n) is 13.7. The lowest BCUT2D eigenvalue weighted by Gasteiger charge is -2.23. The molecule has 1 aromatic carbocycles. The number of ether oxygens (including phenoxy) is 1. The van der Waals surface area contributed by atoms with Crippen LogP contribution < -0.4 is 10.1 Å². The molecule has 1 aliphatic carbocycles. The van der Waals surface area contributed by atoms with E-state index in [1.54, 1.807) is 0 Å². The molecule has 0 bridgehead atoms. The average molecular weight is 275 g/mol. The molecule has 0 radical (unpaired) electrons. The zero-order chi connectivity index (χ0) is 15.4. The van der Waals surface area contributed by atoms with Gasteiger partial charge in [-0.2, -0.15) is 0 Å². The highest BCUT2D eigenvalue weighted by Crippen LogP contribution is 2.22. The second-order valence-corrected chi connectivity index (χ2v) is 4.52. The smallest absolute Gasteiger partial charge is 0.123 e. The van der Waals surface area contributed by atoms with Crippen LogP contribution in [0.1, 0.15) is 27.7 Å². The fourth-order valence-corrected chi connectivity index (χ4v) is 1.79. The molecule has 0 amide bonds. The van der Waals surface area contributed by atoms with E-state index in [1.165, 1.54) is 5.57 Å². The van der Waals surface area contributed by atoms with Gasteiger partial charge in [0.2, 0.25) is 0 Å². The third kappa shape index (κ3) is 7.15. The van der Waals surface area contributed by atoms with Gasteiger partial charge in [-0.05, 0) is 39.2 Å². The average Bonchev–Trinajstić information content (AvgIpc) is 2.46. The van der Waals surface area contributed by atoms with Gasteiger partial charge in [0.25, 0.3) is 0 Å². The summed E-state index contributed by atoms with van der Waals surface area (Å²) in [5, 5.41) is 2.75. The van der Waals surface area contributed by atoms with Gasteiger partial charge in [0.15, 0.2) is 0 Å². The minimum absolute atomic E-state index is 0.163. The minimum Gasteiger partial charge on any atom is -0.486 e. The Balaban J connectivity index is 0.000000641. The van der Waals surface area contributed by atoms with E-state index in [4.69, 9.17) is 4.74 Å². The van der Waals surface area contributed by atoms with Crippen molar-refractivity contribution in [2.24, 2.45) is 5.92 Å². The van der Waals surface area contributed by atoms with Crippen LogP contribution in [-0.4, -0.2) is 20.2 Å².